The van der Waals surface area contributed by atoms with E-state index < -0.39 is 0 Å². The van der Waals surface area contributed by atoms with Crippen molar-refractivity contribution in [3.05, 3.63) is 24.3 Å². The van der Waals surface area contributed by atoms with E-state index in [0.717, 1.165) is 32.5 Å². The van der Waals surface area contributed by atoms with Gasteiger partial charge in [0.25, 0.3) is 0 Å². The van der Waals surface area contributed by atoms with Crippen LogP contribution in [0.3, 0.4) is 0 Å². The number of rotatable bonds is 5. The Bertz CT molecular complexity index is 167. The Morgan fingerprint density at radius 1 is 1.08 bits per heavy atom. The van der Waals surface area contributed by atoms with Crippen LogP contribution in [0.4, 0.5) is 0 Å². The van der Waals surface area contributed by atoms with Gasteiger partial charge < -0.3 is 9.47 Å². The van der Waals surface area contributed by atoms with E-state index in [1.807, 2.05) is 6.08 Å². The van der Waals surface area contributed by atoms with Crippen molar-refractivity contribution < 1.29 is 9.47 Å². The maximum atomic E-state index is 5.25. The van der Waals surface area contributed by atoms with Gasteiger partial charge in [0.15, 0.2) is 6.29 Å². The minimum atomic E-state index is -0.0878. The molecule has 0 unspecified atom stereocenters. The van der Waals surface area contributed by atoms with Crippen molar-refractivity contribution in [2.45, 2.75) is 32.5 Å². The summed E-state index contributed by atoms with van der Waals surface area (Å²) in [6.07, 6.45) is 11.7. The van der Waals surface area contributed by atoms with Gasteiger partial charge in [-0.2, -0.15) is 0 Å². The lowest BCUT2D eigenvalue weighted by Crippen LogP contribution is -2.01. The number of ether oxygens (including phenoxy) is 2. The van der Waals surface area contributed by atoms with Crippen LogP contribution < -0.4 is 0 Å². The Kier molecular flexibility index (Phi) is 5.54. The fourth-order valence-electron chi connectivity index (χ4n) is 1.17. The molecule has 0 aromatic carbocycles. The van der Waals surface area contributed by atoms with Crippen molar-refractivity contribution in [2.24, 2.45) is 0 Å². The summed E-state index contributed by atoms with van der Waals surface area (Å²) in [4.78, 5) is 0. The maximum Gasteiger partial charge on any atom is 0.177 e. The van der Waals surface area contributed by atoms with Gasteiger partial charge in [-0.3, -0.25) is 0 Å². The van der Waals surface area contributed by atoms with E-state index in [2.05, 4.69) is 25.2 Å². The first-order chi connectivity index (χ1) is 6.43. The predicted molar refractivity (Wildman–Crippen MR) is 53.5 cm³/mol. The molecule has 1 saturated heterocycles. The van der Waals surface area contributed by atoms with E-state index in [0.29, 0.717) is 0 Å². The Balaban J connectivity index is 2.00. The zero-order valence-electron chi connectivity index (χ0n) is 8.24. The van der Waals surface area contributed by atoms with Crippen molar-refractivity contribution >= 4 is 0 Å². The lowest BCUT2D eigenvalue weighted by atomic mass is 10.2. The minimum Gasteiger partial charge on any atom is -0.347 e. The van der Waals surface area contributed by atoms with Gasteiger partial charge in [0.05, 0.1) is 13.2 Å². The summed E-state index contributed by atoms with van der Waals surface area (Å²) in [6.45, 7) is 3.60. The van der Waals surface area contributed by atoms with Crippen LogP contribution in [0.5, 0.6) is 0 Å². The highest BCUT2D eigenvalue weighted by Gasteiger charge is 2.10. The third-order valence-corrected chi connectivity index (χ3v) is 1.84. The molecule has 1 fully saturated rings. The van der Waals surface area contributed by atoms with Crippen LogP contribution in [0, 0.1) is 0 Å². The van der Waals surface area contributed by atoms with E-state index in [1.165, 1.54) is 0 Å². The van der Waals surface area contributed by atoms with Gasteiger partial charge in [-0.15, -0.1) is 0 Å². The third-order valence-electron chi connectivity index (χ3n) is 1.84. The molecule has 0 aromatic heterocycles. The second kappa shape index (κ2) is 6.87. The molecular formula is C11H18O2. The molecule has 1 aliphatic heterocycles. The first-order valence-electron chi connectivity index (χ1n) is 4.98. The lowest BCUT2D eigenvalue weighted by molar-refractivity contribution is -0.00172. The smallest absolute Gasteiger partial charge is 0.177 e. The van der Waals surface area contributed by atoms with Crippen LogP contribution in [0.1, 0.15) is 26.2 Å². The van der Waals surface area contributed by atoms with Gasteiger partial charge in [0.2, 0.25) is 0 Å². The maximum absolute atomic E-state index is 5.25. The summed E-state index contributed by atoms with van der Waals surface area (Å²) >= 11 is 0. The van der Waals surface area contributed by atoms with Crippen molar-refractivity contribution in [2.75, 3.05) is 13.2 Å². The summed E-state index contributed by atoms with van der Waals surface area (Å²) in [5.74, 6) is 0. The second-order valence-corrected chi connectivity index (χ2v) is 3.00. The first-order valence-corrected chi connectivity index (χ1v) is 4.98. The molecule has 13 heavy (non-hydrogen) atoms. The van der Waals surface area contributed by atoms with Crippen LogP contribution in [0.2, 0.25) is 0 Å². The molecule has 0 radical (unpaired) electrons. The van der Waals surface area contributed by atoms with Gasteiger partial charge in [-0.25, -0.2) is 0 Å². The molecule has 0 spiro atoms. The van der Waals surface area contributed by atoms with Crippen molar-refractivity contribution in [3.8, 4) is 0 Å². The minimum absolute atomic E-state index is 0.0878. The summed E-state index contributed by atoms with van der Waals surface area (Å²) in [5.41, 5.74) is 0. The van der Waals surface area contributed by atoms with Gasteiger partial charge in [-0.05, 0) is 25.3 Å². The molecule has 2 heteroatoms. The standard InChI is InChI=1S/C11H18O2/c1-2-3-4-5-6-7-8-11-12-9-10-13-11/h3-4,7-8,11H,2,5-6,9-10H2,1H3/b4-3-,8-7+. The Labute approximate surface area is 80.2 Å². The van der Waals surface area contributed by atoms with Crippen molar-refractivity contribution in [1.82, 2.24) is 0 Å². The van der Waals surface area contributed by atoms with Crippen LogP contribution in [0.25, 0.3) is 0 Å². The number of unbranched alkanes of at least 4 members (excludes halogenated alkanes) is 1. The molecule has 0 aliphatic carbocycles. The lowest BCUT2D eigenvalue weighted by Gasteiger charge is -2.00. The van der Waals surface area contributed by atoms with Crippen molar-refractivity contribution in [1.29, 1.82) is 0 Å². The molecule has 1 aliphatic rings. The van der Waals surface area contributed by atoms with Gasteiger partial charge in [0.1, 0.15) is 0 Å². The van der Waals surface area contributed by atoms with Crippen LogP contribution in [0.15, 0.2) is 24.3 Å². The number of hydrogen-bond donors (Lipinski definition) is 0. The fourth-order valence-corrected chi connectivity index (χ4v) is 1.17. The van der Waals surface area contributed by atoms with Gasteiger partial charge in [-0.1, -0.05) is 25.2 Å². The van der Waals surface area contributed by atoms with Crippen molar-refractivity contribution in [3.63, 3.8) is 0 Å². The van der Waals surface area contributed by atoms with E-state index in [-0.39, 0.29) is 6.29 Å². The molecule has 1 heterocycles. The van der Waals surface area contributed by atoms with E-state index in [4.69, 9.17) is 9.47 Å². The summed E-state index contributed by atoms with van der Waals surface area (Å²) in [5, 5.41) is 0. The van der Waals surface area contributed by atoms with E-state index in [9.17, 15) is 0 Å². The first kappa shape index (κ1) is 10.5. The average Bonchev–Trinajstić information content (AvgIpc) is 2.63. The number of hydrogen-bond acceptors (Lipinski definition) is 2. The molecule has 0 atom stereocenters. The second-order valence-electron chi connectivity index (χ2n) is 3.00. The molecule has 1 rings (SSSR count). The third kappa shape index (κ3) is 4.86. The predicted octanol–water partition coefficient (Wildman–Crippen LogP) is 2.66. The zero-order chi connectivity index (χ0) is 9.36. The SMILES string of the molecule is CC/C=C\CC/C=C/C1OCCO1. The normalized spacial score (nSPS) is 19.5. The highest BCUT2D eigenvalue weighted by molar-refractivity contribution is 4.90. The molecule has 0 amide bonds. The van der Waals surface area contributed by atoms with E-state index >= 15 is 0 Å². The van der Waals surface area contributed by atoms with Gasteiger partial charge in [0, 0.05) is 0 Å². The highest BCUT2D eigenvalue weighted by atomic mass is 16.7. The Morgan fingerprint density at radius 3 is 2.46 bits per heavy atom. The summed E-state index contributed by atoms with van der Waals surface area (Å²) in [6, 6.07) is 0. The monoisotopic (exact) mass is 182 g/mol. The molecule has 2 nitrogen and oxygen atoms in total. The topological polar surface area (TPSA) is 18.5 Å². The molecule has 0 N–H and O–H groups in total. The van der Waals surface area contributed by atoms with Crippen LogP contribution >= 0.6 is 0 Å². The van der Waals surface area contributed by atoms with Crippen LogP contribution in [-0.2, 0) is 9.47 Å². The van der Waals surface area contributed by atoms with E-state index in [1.54, 1.807) is 0 Å². The zero-order valence-corrected chi connectivity index (χ0v) is 8.24. The Hall–Kier alpha value is -0.600. The van der Waals surface area contributed by atoms with Gasteiger partial charge >= 0.3 is 0 Å². The summed E-state index contributed by atoms with van der Waals surface area (Å²) < 4.78 is 10.5. The molecular weight excluding hydrogens is 164 g/mol. The molecule has 0 aromatic rings. The molecule has 74 valence electrons. The quantitative estimate of drug-likeness (QED) is 0.480. The average molecular weight is 182 g/mol. The molecule has 0 bridgehead atoms. The Morgan fingerprint density at radius 2 is 1.77 bits per heavy atom. The largest absolute Gasteiger partial charge is 0.347 e. The van der Waals surface area contributed by atoms with Crippen LogP contribution in [-0.4, -0.2) is 19.5 Å². The number of allylic oxidation sites excluding steroid dienone is 3. The molecule has 0 saturated carbocycles. The fraction of sp³-hybridized carbons (Fsp3) is 0.636. The highest BCUT2D eigenvalue weighted by Crippen LogP contribution is 2.05. The summed E-state index contributed by atoms with van der Waals surface area (Å²) in [7, 11) is 0.